The number of nitrogens with zero attached hydrogens (tertiary/aromatic N) is 3. The van der Waals surface area contributed by atoms with E-state index in [1.165, 1.54) is 31.6 Å². The largest absolute Gasteiger partial charge is 0.484 e. The van der Waals surface area contributed by atoms with E-state index in [9.17, 15) is 12.8 Å². The number of halogens is 2. The van der Waals surface area contributed by atoms with E-state index in [0.717, 1.165) is 0 Å². The number of aromatic amines is 1. The molecule has 0 aliphatic heterocycles. The Bertz CT molecular complexity index is 1040. The molecule has 0 spiro atoms. The Morgan fingerprint density at radius 3 is 2.88 bits per heavy atom. The molecule has 3 heterocycles. The first-order valence-corrected chi connectivity index (χ1v) is 9.07. The minimum Gasteiger partial charge on any atom is -0.484 e. The zero-order valence-electron chi connectivity index (χ0n) is 13.4. The molecule has 0 saturated heterocycles. The first-order chi connectivity index (χ1) is 12.4. The van der Waals surface area contributed by atoms with Gasteiger partial charge in [-0.05, 0) is 12.1 Å². The minimum absolute atomic E-state index is 0.0291. The van der Waals surface area contributed by atoms with E-state index < -0.39 is 16.7 Å². The molecular formula is C14H13ClFN5O4S. The fraction of sp³-hybridized carbons (Fsp3) is 0.214. The topological polar surface area (TPSA) is 119 Å². The molecule has 3 aromatic rings. The Kier molecular flexibility index (Phi) is 5.09. The number of aromatic nitrogens is 4. The smallest absolute Gasteiger partial charge is 0.266 e. The molecule has 26 heavy (non-hydrogen) atoms. The van der Waals surface area contributed by atoms with E-state index in [4.69, 9.17) is 21.1 Å². The molecule has 9 nitrogen and oxygen atoms in total. The van der Waals surface area contributed by atoms with Crippen molar-refractivity contribution >= 4 is 38.6 Å². The number of alkyl halides is 1. The molecule has 0 aliphatic carbocycles. The van der Waals surface area contributed by atoms with Gasteiger partial charge in [-0.15, -0.1) is 0 Å². The molecule has 3 rings (SSSR count). The van der Waals surface area contributed by atoms with Gasteiger partial charge in [0, 0.05) is 11.6 Å². The van der Waals surface area contributed by atoms with Crippen LogP contribution in [0.2, 0.25) is 5.15 Å². The van der Waals surface area contributed by atoms with Gasteiger partial charge in [0.1, 0.15) is 29.0 Å². The normalized spacial score (nSPS) is 11.5. The van der Waals surface area contributed by atoms with Gasteiger partial charge in [-0.25, -0.2) is 27.5 Å². The average molecular weight is 402 g/mol. The average Bonchev–Trinajstić information content (AvgIpc) is 3.04. The molecule has 0 saturated carbocycles. The van der Waals surface area contributed by atoms with Crippen LogP contribution < -0.4 is 14.2 Å². The molecule has 0 unspecified atom stereocenters. The van der Waals surface area contributed by atoms with Gasteiger partial charge in [0.2, 0.25) is 5.95 Å². The van der Waals surface area contributed by atoms with E-state index in [1.807, 2.05) is 0 Å². The van der Waals surface area contributed by atoms with Crippen LogP contribution in [0.1, 0.15) is 0 Å². The number of ether oxygens (including phenoxy) is 2. The summed E-state index contributed by atoms with van der Waals surface area (Å²) in [5.74, 6) is -0.164. The van der Waals surface area contributed by atoms with E-state index in [-0.39, 0.29) is 34.2 Å². The lowest BCUT2D eigenvalue weighted by Gasteiger charge is -2.10. The van der Waals surface area contributed by atoms with Crippen molar-refractivity contribution in [2.24, 2.45) is 0 Å². The van der Waals surface area contributed by atoms with Crippen molar-refractivity contribution in [1.82, 2.24) is 19.9 Å². The molecule has 0 amide bonds. The van der Waals surface area contributed by atoms with Crippen molar-refractivity contribution in [3.63, 3.8) is 0 Å². The van der Waals surface area contributed by atoms with Gasteiger partial charge in [-0.2, -0.15) is 4.98 Å². The van der Waals surface area contributed by atoms with Gasteiger partial charge < -0.3 is 14.5 Å². The molecule has 0 aliphatic rings. The third kappa shape index (κ3) is 3.63. The van der Waals surface area contributed by atoms with Crippen LogP contribution >= 0.6 is 11.6 Å². The van der Waals surface area contributed by atoms with Crippen LogP contribution in [0.25, 0.3) is 11.0 Å². The lowest BCUT2D eigenvalue weighted by atomic mass is 10.3. The molecule has 0 bridgehead atoms. The first-order valence-electron chi connectivity index (χ1n) is 7.21. The fourth-order valence-electron chi connectivity index (χ4n) is 2.15. The number of nitrogens with one attached hydrogen (secondary N) is 2. The van der Waals surface area contributed by atoms with Gasteiger partial charge in [0.25, 0.3) is 15.9 Å². The summed E-state index contributed by atoms with van der Waals surface area (Å²) in [6.07, 6.45) is 2.47. The van der Waals surface area contributed by atoms with Gasteiger partial charge in [0.05, 0.1) is 13.3 Å². The molecule has 0 radical (unpaired) electrons. The zero-order valence-corrected chi connectivity index (χ0v) is 14.9. The maximum absolute atomic E-state index is 12.6. The van der Waals surface area contributed by atoms with Crippen molar-refractivity contribution in [2.45, 2.75) is 4.90 Å². The summed E-state index contributed by atoms with van der Waals surface area (Å²) >= 11 is 5.79. The fourth-order valence-corrected chi connectivity index (χ4v) is 3.42. The summed E-state index contributed by atoms with van der Waals surface area (Å²) in [5, 5.41) is 0.588. The van der Waals surface area contributed by atoms with Crippen LogP contribution in [-0.4, -0.2) is 48.7 Å². The SMILES string of the molecule is COc1nc(NS(=O)(=O)c2c[nH]c3nc(Cl)ccc23)ncc1OCCF. The molecule has 0 fully saturated rings. The highest BCUT2D eigenvalue weighted by Gasteiger charge is 2.22. The second kappa shape index (κ2) is 7.30. The van der Waals surface area contributed by atoms with Gasteiger partial charge >= 0.3 is 0 Å². The Labute approximate surface area is 152 Å². The number of H-pyrrole nitrogens is 1. The van der Waals surface area contributed by atoms with Crippen molar-refractivity contribution in [2.75, 3.05) is 25.1 Å². The molecule has 0 aromatic carbocycles. The second-order valence-electron chi connectivity index (χ2n) is 4.89. The van der Waals surface area contributed by atoms with E-state index >= 15 is 0 Å². The maximum Gasteiger partial charge on any atom is 0.266 e. The molecule has 3 aromatic heterocycles. The highest BCUT2D eigenvalue weighted by atomic mass is 35.5. The number of pyridine rings is 1. The minimum atomic E-state index is -4.01. The van der Waals surface area contributed by atoms with Gasteiger partial charge in [-0.1, -0.05) is 11.6 Å². The third-order valence-corrected chi connectivity index (χ3v) is 4.81. The highest BCUT2D eigenvalue weighted by Crippen LogP contribution is 2.27. The Hall–Kier alpha value is -2.66. The van der Waals surface area contributed by atoms with Crippen molar-refractivity contribution < 1.29 is 22.3 Å². The molecule has 2 N–H and O–H groups in total. The predicted octanol–water partition coefficient (Wildman–Crippen LogP) is 2.16. The van der Waals surface area contributed by atoms with Crippen LogP contribution in [0, 0.1) is 0 Å². The van der Waals surface area contributed by atoms with Crippen molar-refractivity contribution in [3.05, 3.63) is 29.7 Å². The summed E-state index contributed by atoms with van der Waals surface area (Å²) in [4.78, 5) is 14.5. The number of methoxy groups -OCH3 is 1. The predicted molar refractivity (Wildman–Crippen MR) is 92.0 cm³/mol. The number of rotatable bonds is 7. The monoisotopic (exact) mass is 401 g/mol. The summed E-state index contributed by atoms with van der Waals surface area (Å²) in [7, 11) is -2.69. The summed E-state index contributed by atoms with van der Waals surface area (Å²) in [6.45, 7) is -0.897. The van der Waals surface area contributed by atoms with Crippen molar-refractivity contribution in [1.29, 1.82) is 0 Å². The number of anilines is 1. The standard InChI is InChI=1S/C14H13ClFN5O4S/c1-24-13-9(25-5-4-16)6-18-14(20-13)21-26(22,23)10-7-17-12-8(10)2-3-11(15)19-12/h2-3,6-7H,4-5H2,1H3,(H,17,19)(H,18,20,21). The summed E-state index contributed by atoms with van der Waals surface area (Å²) < 4.78 is 49.8. The quantitative estimate of drug-likeness (QED) is 0.582. The summed E-state index contributed by atoms with van der Waals surface area (Å²) in [5.41, 5.74) is 0.325. The van der Waals surface area contributed by atoms with E-state index in [0.29, 0.717) is 11.0 Å². The molecular weight excluding hydrogens is 389 g/mol. The van der Waals surface area contributed by atoms with Gasteiger partial charge in [0.15, 0.2) is 5.75 Å². The number of sulfonamides is 1. The van der Waals surface area contributed by atoms with Crippen LogP contribution in [0.3, 0.4) is 0 Å². The summed E-state index contributed by atoms with van der Waals surface area (Å²) in [6, 6.07) is 3.01. The van der Waals surface area contributed by atoms with Crippen LogP contribution in [0.15, 0.2) is 29.4 Å². The first kappa shape index (κ1) is 18.1. The van der Waals surface area contributed by atoms with Crippen LogP contribution in [0.4, 0.5) is 10.3 Å². The zero-order chi connectivity index (χ0) is 18.7. The highest BCUT2D eigenvalue weighted by molar-refractivity contribution is 7.93. The Morgan fingerprint density at radius 2 is 2.15 bits per heavy atom. The van der Waals surface area contributed by atoms with Crippen molar-refractivity contribution in [3.8, 4) is 11.6 Å². The third-order valence-electron chi connectivity index (χ3n) is 3.23. The lowest BCUT2D eigenvalue weighted by Crippen LogP contribution is -2.15. The number of hydrogen-bond acceptors (Lipinski definition) is 7. The molecule has 0 atom stereocenters. The Morgan fingerprint density at radius 1 is 1.35 bits per heavy atom. The second-order valence-corrected chi connectivity index (χ2v) is 6.93. The van der Waals surface area contributed by atoms with Crippen LogP contribution in [-0.2, 0) is 10.0 Å². The lowest BCUT2D eigenvalue weighted by molar-refractivity contribution is 0.256. The van der Waals surface area contributed by atoms with Crippen LogP contribution in [0.5, 0.6) is 11.6 Å². The number of hydrogen-bond donors (Lipinski definition) is 2. The van der Waals surface area contributed by atoms with E-state index in [1.54, 1.807) is 0 Å². The van der Waals surface area contributed by atoms with Gasteiger partial charge in [-0.3, -0.25) is 0 Å². The molecule has 12 heteroatoms. The van der Waals surface area contributed by atoms with E-state index in [2.05, 4.69) is 24.7 Å². The maximum atomic E-state index is 12.6. The molecule has 138 valence electrons. The Balaban J connectivity index is 1.91. The number of fused-ring (bicyclic) bond motifs is 1.